The summed E-state index contributed by atoms with van der Waals surface area (Å²) in [7, 11) is 4.03. The van der Waals surface area contributed by atoms with Gasteiger partial charge in [0.25, 0.3) is 0 Å². The molecule has 0 fully saturated rings. The van der Waals surface area contributed by atoms with Crippen molar-refractivity contribution in [2.75, 3.05) is 40.3 Å². The molecule has 1 unspecified atom stereocenters. The van der Waals surface area contributed by atoms with Gasteiger partial charge in [-0.25, -0.2) is 0 Å². The fourth-order valence-electron chi connectivity index (χ4n) is 3.39. The van der Waals surface area contributed by atoms with E-state index in [1.54, 1.807) is 0 Å². The third-order valence-electron chi connectivity index (χ3n) is 4.90. The van der Waals surface area contributed by atoms with Gasteiger partial charge in [0.2, 0.25) is 0 Å². The van der Waals surface area contributed by atoms with E-state index in [0.29, 0.717) is 0 Å². The number of allylic oxidation sites excluding steroid dienone is 2. The van der Waals surface area contributed by atoms with Gasteiger partial charge in [-0.2, -0.15) is 0 Å². The van der Waals surface area contributed by atoms with Crippen LogP contribution in [0.4, 0.5) is 0 Å². The third kappa shape index (κ3) is 6.46. The molecule has 4 heteroatoms. The van der Waals surface area contributed by atoms with Crippen LogP contribution >= 0.6 is 0 Å². The van der Waals surface area contributed by atoms with Gasteiger partial charge in [-0.15, -0.1) is 0 Å². The first-order valence-electron chi connectivity index (χ1n) is 9.94. The fraction of sp³-hybridized carbons (Fsp3) is 0.850. The van der Waals surface area contributed by atoms with Crippen molar-refractivity contribution in [3.8, 4) is 0 Å². The zero-order valence-corrected chi connectivity index (χ0v) is 16.7. The highest BCUT2D eigenvalue weighted by atomic mass is 16.1. The van der Waals surface area contributed by atoms with Crippen LogP contribution < -0.4 is 5.32 Å². The molecular weight excluding hydrogens is 298 g/mol. The quantitative estimate of drug-likeness (QED) is 0.491. The van der Waals surface area contributed by atoms with Gasteiger partial charge >= 0.3 is 0 Å². The molecule has 1 atom stereocenters. The monoisotopic (exact) mass is 337 g/mol. The molecule has 1 N–H and O–H groups in total. The van der Waals surface area contributed by atoms with Crippen LogP contribution in [0.25, 0.3) is 0 Å². The first-order chi connectivity index (χ1) is 11.5. The molecular formula is C20H39N3O. The molecule has 0 amide bonds. The lowest BCUT2D eigenvalue weighted by atomic mass is 9.86. The molecule has 140 valence electrons. The second-order valence-electron chi connectivity index (χ2n) is 7.28. The molecule has 1 aliphatic carbocycles. The maximum Gasteiger partial charge on any atom is 0.189 e. The van der Waals surface area contributed by atoms with E-state index < -0.39 is 0 Å². The van der Waals surface area contributed by atoms with Crippen LogP contribution in [0.3, 0.4) is 0 Å². The summed E-state index contributed by atoms with van der Waals surface area (Å²) < 4.78 is 0. The number of ketones is 1. The van der Waals surface area contributed by atoms with E-state index in [0.717, 1.165) is 30.9 Å². The van der Waals surface area contributed by atoms with Gasteiger partial charge in [-0.1, -0.05) is 39.5 Å². The lowest BCUT2D eigenvalue weighted by Gasteiger charge is -2.34. The number of carbonyl (C=O) groups is 1. The van der Waals surface area contributed by atoms with Crippen LogP contribution in [0.15, 0.2) is 11.4 Å². The summed E-state index contributed by atoms with van der Waals surface area (Å²) >= 11 is 0. The molecule has 4 nitrogen and oxygen atoms in total. The van der Waals surface area contributed by atoms with E-state index in [2.05, 4.69) is 29.0 Å². The van der Waals surface area contributed by atoms with E-state index in [1.165, 1.54) is 51.6 Å². The Morgan fingerprint density at radius 2 is 1.54 bits per heavy atom. The van der Waals surface area contributed by atoms with Crippen LogP contribution in [0.2, 0.25) is 0 Å². The molecule has 0 bridgehead atoms. The summed E-state index contributed by atoms with van der Waals surface area (Å²) in [5.74, 6) is 0.322. The predicted octanol–water partition coefficient (Wildman–Crippen LogP) is 3.64. The van der Waals surface area contributed by atoms with E-state index in [9.17, 15) is 4.79 Å². The van der Waals surface area contributed by atoms with Crippen molar-refractivity contribution in [2.24, 2.45) is 5.92 Å². The Labute approximate surface area is 149 Å². The molecule has 1 rings (SSSR count). The van der Waals surface area contributed by atoms with Crippen molar-refractivity contribution < 1.29 is 4.79 Å². The Hall–Kier alpha value is -1.03. The standard InChI is InChI=1S/C20H39N3O/c1-6-8-10-11-15-23(14-9-7-2)16-12-13-21-18-19(22(4)5)17(3)20(18)24/h17,21H,6-16H2,1-5H3. The summed E-state index contributed by atoms with van der Waals surface area (Å²) in [5.41, 5.74) is 2.00. The van der Waals surface area contributed by atoms with Crippen LogP contribution in [-0.4, -0.2) is 55.9 Å². The molecule has 1 aliphatic rings. The predicted molar refractivity (Wildman–Crippen MR) is 103 cm³/mol. The molecule has 0 saturated carbocycles. The zero-order valence-electron chi connectivity index (χ0n) is 16.7. The van der Waals surface area contributed by atoms with Crippen molar-refractivity contribution >= 4 is 5.78 Å². The maximum absolute atomic E-state index is 12.0. The lowest BCUT2D eigenvalue weighted by Crippen LogP contribution is -2.43. The Balaban J connectivity index is 2.32. The average molecular weight is 338 g/mol. The van der Waals surface area contributed by atoms with Crippen LogP contribution in [0.5, 0.6) is 0 Å². The Morgan fingerprint density at radius 1 is 0.917 bits per heavy atom. The summed E-state index contributed by atoms with van der Waals surface area (Å²) in [4.78, 5) is 16.7. The third-order valence-corrected chi connectivity index (χ3v) is 4.90. The molecule has 0 aromatic heterocycles. The topological polar surface area (TPSA) is 35.6 Å². The number of hydrogen-bond donors (Lipinski definition) is 1. The van der Waals surface area contributed by atoms with Gasteiger partial charge < -0.3 is 15.1 Å². The smallest absolute Gasteiger partial charge is 0.189 e. The molecule has 24 heavy (non-hydrogen) atoms. The highest BCUT2D eigenvalue weighted by Crippen LogP contribution is 2.30. The molecule has 0 aliphatic heterocycles. The molecule has 0 radical (unpaired) electrons. The van der Waals surface area contributed by atoms with Crippen molar-refractivity contribution in [1.82, 2.24) is 15.1 Å². The largest absolute Gasteiger partial charge is 0.381 e. The second kappa shape index (κ2) is 11.5. The van der Waals surface area contributed by atoms with Gasteiger partial charge in [-0.05, 0) is 45.8 Å². The minimum absolute atomic E-state index is 0.0575. The summed E-state index contributed by atoms with van der Waals surface area (Å²) in [6, 6.07) is 0. The summed E-state index contributed by atoms with van der Waals surface area (Å²) in [5, 5.41) is 3.38. The first kappa shape index (κ1) is 21.0. The number of nitrogens with one attached hydrogen (secondary N) is 1. The SMILES string of the molecule is CCCCCCN(CCCC)CCCNC1=C(N(C)C)C(C)C1=O. The molecule has 0 aromatic rings. The first-order valence-corrected chi connectivity index (χ1v) is 9.94. The number of nitrogens with zero attached hydrogens (tertiary/aromatic N) is 2. The van der Waals surface area contributed by atoms with Gasteiger partial charge in [-0.3, -0.25) is 4.79 Å². The van der Waals surface area contributed by atoms with E-state index >= 15 is 0 Å². The normalized spacial score (nSPS) is 17.4. The summed E-state index contributed by atoms with van der Waals surface area (Å²) in [6.45, 7) is 11.0. The highest BCUT2D eigenvalue weighted by molar-refractivity contribution is 6.05. The lowest BCUT2D eigenvalue weighted by molar-refractivity contribution is -0.121. The van der Waals surface area contributed by atoms with Gasteiger partial charge in [0.15, 0.2) is 5.78 Å². The molecule has 0 saturated heterocycles. The molecule has 0 heterocycles. The number of Topliss-reactive ketones (excluding diaryl/α,β-unsaturated/α-hetero) is 1. The second-order valence-corrected chi connectivity index (χ2v) is 7.28. The minimum Gasteiger partial charge on any atom is -0.381 e. The fourth-order valence-corrected chi connectivity index (χ4v) is 3.39. The van der Waals surface area contributed by atoms with Crippen molar-refractivity contribution in [3.63, 3.8) is 0 Å². The summed E-state index contributed by atoms with van der Waals surface area (Å²) in [6.07, 6.45) is 8.96. The van der Waals surface area contributed by atoms with Crippen molar-refractivity contribution in [3.05, 3.63) is 11.4 Å². The minimum atomic E-state index is 0.0575. The van der Waals surface area contributed by atoms with E-state index in [1.807, 2.05) is 21.0 Å². The van der Waals surface area contributed by atoms with Crippen LogP contribution in [0, 0.1) is 5.92 Å². The van der Waals surface area contributed by atoms with Crippen molar-refractivity contribution in [1.29, 1.82) is 0 Å². The molecule has 0 aromatic carbocycles. The molecule has 0 spiro atoms. The average Bonchev–Trinajstić information content (AvgIpc) is 2.57. The van der Waals surface area contributed by atoms with Crippen LogP contribution in [0.1, 0.15) is 65.7 Å². The van der Waals surface area contributed by atoms with Gasteiger partial charge in [0, 0.05) is 20.6 Å². The number of hydrogen-bond acceptors (Lipinski definition) is 4. The van der Waals surface area contributed by atoms with Gasteiger partial charge in [0.1, 0.15) is 0 Å². The van der Waals surface area contributed by atoms with Gasteiger partial charge in [0.05, 0.1) is 17.3 Å². The van der Waals surface area contributed by atoms with E-state index in [-0.39, 0.29) is 11.7 Å². The highest BCUT2D eigenvalue weighted by Gasteiger charge is 2.36. The Morgan fingerprint density at radius 3 is 2.17 bits per heavy atom. The maximum atomic E-state index is 12.0. The zero-order chi connectivity index (χ0) is 17.9. The van der Waals surface area contributed by atoms with Crippen LogP contribution in [-0.2, 0) is 4.79 Å². The number of carbonyl (C=O) groups excluding carboxylic acids is 1. The number of rotatable bonds is 14. The van der Waals surface area contributed by atoms with Crippen molar-refractivity contribution in [2.45, 2.75) is 65.7 Å². The Bertz CT molecular complexity index is 404. The number of unbranched alkanes of at least 4 members (excludes halogenated alkanes) is 4. The Kier molecular flexibility index (Phi) is 10.1. The van der Waals surface area contributed by atoms with E-state index in [4.69, 9.17) is 0 Å².